The van der Waals surface area contributed by atoms with E-state index in [0.717, 1.165) is 21.4 Å². The Balaban J connectivity index is 1.54. The third-order valence-electron chi connectivity index (χ3n) is 4.43. The first-order valence-electron chi connectivity index (χ1n) is 9.41. The molecular formula is C23H22ClNO3S. The summed E-state index contributed by atoms with van der Waals surface area (Å²) in [6.07, 6.45) is 0.212. The Labute approximate surface area is 179 Å². The van der Waals surface area contributed by atoms with Crippen molar-refractivity contribution in [3.05, 3.63) is 71.8 Å². The van der Waals surface area contributed by atoms with Crippen LogP contribution in [0.3, 0.4) is 0 Å². The first kappa shape index (κ1) is 21.2. The highest BCUT2D eigenvalue weighted by Crippen LogP contribution is 2.28. The molecule has 0 fully saturated rings. The fourth-order valence-electron chi connectivity index (χ4n) is 3.02. The van der Waals surface area contributed by atoms with Crippen LogP contribution in [0.2, 0.25) is 5.02 Å². The second-order valence-electron chi connectivity index (χ2n) is 6.33. The van der Waals surface area contributed by atoms with Crippen molar-refractivity contribution in [3.63, 3.8) is 0 Å². The smallest absolute Gasteiger partial charge is 0.307 e. The largest absolute Gasteiger partial charge is 0.456 e. The second-order valence-corrected chi connectivity index (χ2v) is 7.87. The summed E-state index contributed by atoms with van der Waals surface area (Å²) in [5, 5.41) is 2.72. The summed E-state index contributed by atoms with van der Waals surface area (Å²) in [4.78, 5) is 27.3. The third kappa shape index (κ3) is 5.52. The molecule has 0 aliphatic carbocycles. The van der Waals surface area contributed by atoms with Crippen LogP contribution in [-0.2, 0) is 14.3 Å². The number of hydrogen-bond donors (Lipinski definition) is 0. The van der Waals surface area contributed by atoms with Gasteiger partial charge in [-0.25, -0.2) is 0 Å². The highest BCUT2D eigenvalue weighted by Gasteiger charge is 2.18. The molecule has 0 unspecified atom stereocenters. The van der Waals surface area contributed by atoms with Gasteiger partial charge in [0, 0.05) is 22.6 Å². The number of benzene rings is 3. The predicted octanol–water partition coefficient (Wildman–Crippen LogP) is 5.57. The summed E-state index contributed by atoms with van der Waals surface area (Å²) >= 11 is 7.60. The molecule has 29 heavy (non-hydrogen) atoms. The van der Waals surface area contributed by atoms with Gasteiger partial charge in [-0.3, -0.25) is 9.59 Å². The Hall–Kier alpha value is -2.50. The lowest BCUT2D eigenvalue weighted by molar-refractivity contribution is -0.147. The minimum Gasteiger partial charge on any atom is -0.456 e. The number of carbonyl (C=O) groups is 2. The zero-order chi connectivity index (χ0) is 20.6. The number of likely N-dealkylation sites (N-methyl/N-ethyl adjacent to an activating group) is 1. The summed E-state index contributed by atoms with van der Waals surface area (Å²) in [6.45, 7) is 2.13. The van der Waals surface area contributed by atoms with Crippen LogP contribution in [0, 0.1) is 0 Å². The van der Waals surface area contributed by atoms with E-state index in [-0.39, 0.29) is 18.9 Å². The summed E-state index contributed by atoms with van der Waals surface area (Å²) in [5.41, 5.74) is 0.820. The van der Waals surface area contributed by atoms with E-state index in [0.29, 0.717) is 17.3 Å². The highest BCUT2D eigenvalue weighted by atomic mass is 35.5. The zero-order valence-corrected chi connectivity index (χ0v) is 17.7. The van der Waals surface area contributed by atoms with Crippen LogP contribution in [0.25, 0.3) is 10.8 Å². The molecule has 0 saturated carbocycles. The van der Waals surface area contributed by atoms with Gasteiger partial charge in [-0.05, 0) is 30.5 Å². The van der Waals surface area contributed by atoms with E-state index in [1.807, 2.05) is 73.7 Å². The van der Waals surface area contributed by atoms with E-state index in [4.69, 9.17) is 16.3 Å². The summed E-state index contributed by atoms with van der Waals surface area (Å²) in [6, 6.07) is 21.2. The maximum atomic E-state index is 12.7. The first-order valence-corrected chi connectivity index (χ1v) is 10.8. The van der Waals surface area contributed by atoms with Crippen molar-refractivity contribution >= 4 is 51.7 Å². The van der Waals surface area contributed by atoms with Gasteiger partial charge in [0.2, 0.25) is 0 Å². The van der Waals surface area contributed by atoms with E-state index in [1.54, 1.807) is 4.90 Å². The van der Waals surface area contributed by atoms with Gasteiger partial charge in [-0.1, -0.05) is 60.1 Å². The molecule has 0 N–H and O–H groups in total. The van der Waals surface area contributed by atoms with Crippen LogP contribution in [0.1, 0.15) is 13.3 Å². The Kier molecular flexibility index (Phi) is 7.55. The quantitative estimate of drug-likeness (QED) is 0.348. The van der Waals surface area contributed by atoms with Crippen LogP contribution in [0.4, 0.5) is 5.69 Å². The Bertz CT molecular complexity index is 1000. The molecule has 0 saturated heterocycles. The Morgan fingerprint density at radius 1 is 1.00 bits per heavy atom. The van der Waals surface area contributed by atoms with Crippen LogP contribution in [0.5, 0.6) is 0 Å². The molecule has 3 aromatic rings. The minimum absolute atomic E-state index is 0.212. The van der Waals surface area contributed by atoms with Gasteiger partial charge in [0.1, 0.15) is 0 Å². The van der Waals surface area contributed by atoms with Crippen molar-refractivity contribution in [2.75, 3.05) is 23.8 Å². The number of amides is 1. The fraction of sp³-hybridized carbons (Fsp3) is 0.217. The van der Waals surface area contributed by atoms with E-state index < -0.39 is 5.97 Å². The van der Waals surface area contributed by atoms with Crippen molar-refractivity contribution in [1.29, 1.82) is 0 Å². The number of anilines is 1. The molecule has 0 bridgehead atoms. The van der Waals surface area contributed by atoms with Gasteiger partial charge >= 0.3 is 5.97 Å². The second kappa shape index (κ2) is 10.3. The lowest BCUT2D eigenvalue weighted by atomic mass is 10.1. The zero-order valence-electron chi connectivity index (χ0n) is 16.1. The monoisotopic (exact) mass is 427 g/mol. The molecule has 1 amide bonds. The van der Waals surface area contributed by atoms with Crippen LogP contribution >= 0.6 is 23.4 Å². The molecule has 3 rings (SSSR count). The predicted molar refractivity (Wildman–Crippen MR) is 120 cm³/mol. The Morgan fingerprint density at radius 2 is 1.72 bits per heavy atom. The number of fused-ring (bicyclic) bond motifs is 1. The number of hydrogen-bond acceptors (Lipinski definition) is 4. The molecule has 150 valence electrons. The van der Waals surface area contributed by atoms with Crippen LogP contribution < -0.4 is 4.90 Å². The molecule has 0 aromatic heterocycles. The maximum Gasteiger partial charge on any atom is 0.307 e. The van der Waals surface area contributed by atoms with Gasteiger partial charge in [0.15, 0.2) is 6.61 Å². The van der Waals surface area contributed by atoms with E-state index in [2.05, 4.69) is 0 Å². The van der Waals surface area contributed by atoms with Crippen LogP contribution in [0.15, 0.2) is 71.6 Å². The molecule has 0 aliphatic heterocycles. The molecule has 3 aromatic carbocycles. The minimum atomic E-state index is -0.396. The number of esters is 1. The van der Waals surface area contributed by atoms with Crippen molar-refractivity contribution in [2.24, 2.45) is 0 Å². The van der Waals surface area contributed by atoms with Gasteiger partial charge in [-0.15, -0.1) is 11.8 Å². The lowest BCUT2D eigenvalue weighted by Crippen LogP contribution is -2.34. The number of carbonyl (C=O) groups excluding carboxylic acids is 2. The summed E-state index contributed by atoms with van der Waals surface area (Å²) in [5.74, 6) is -0.0970. The van der Waals surface area contributed by atoms with Crippen molar-refractivity contribution in [3.8, 4) is 0 Å². The molecule has 4 nitrogen and oxygen atoms in total. The van der Waals surface area contributed by atoms with E-state index in [9.17, 15) is 9.59 Å². The van der Waals surface area contributed by atoms with Crippen molar-refractivity contribution < 1.29 is 14.3 Å². The molecule has 0 spiro atoms. The number of nitrogens with zero attached hydrogens (tertiary/aromatic N) is 1. The van der Waals surface area contributed by atoms with E-state index in [1.165, 1.54) is 11.8 Å². The van der Waals surface area contributed by atoms with Crippen LogP contribution in [-0.4, -0.2) is 30.8 Å². The molecule has 0 heterocycles. The molecule has 6 heteroatoms. The van der Waals surface area contributed by atoms with Gasteiger partial charge in [0.25, 0.3) is 5.91 Å². The Morgan fingerprint density at radius 3 is 2.52 bits per heavy atom. The lowest BCUT2D eigenvalue weighted by Gasteiger charge is -2.22. The number of rotatable bonds is 8. The number of halogens is 1. The topological polar surface area (TPSA) is 46.6 Å². The highest BCUT2D eigenvalue weighted by molar-refractivity contribution is 7.99. The summed E-state index contributed by atoms with van der Waals surface area (Å²) < 4.78 is 5.21. The fourth-order valence-corrected chi connectivity index (χ4v) is 4.19. The molecule has 0 atom stereocenters. The third-order valence-corrected chi connectivity index (χ3v) is 5.95. The molecule has 0 aliphatic rings. The number of thioether (sulfide) groups is 1. The molecule has 0 radical (unpaired) electrons. The average Bonchev–Trinajstić information content (AvgIpc) is 2.74. The standard InChI is InChI=1S/C23H22ClNO3S/c1-2-25(20-12-7-9-17-8-3-4-10-18(17)20)22(26)16-28-23(27)14-15-29-21-13-6-5-11-19(21)24/h3-13H,2,14-16H2,1H3. The van der Waals surface area contributed by atoms with Gasteiger partial charge in [0.05, 0.1) is 17.1 Å². The normalized spacial score (nSPS) is 10.7. The summed E-state index contributed by atoms with van der Waals surface area (Å²) in [7, 11) is 0. The SMILES string of the molecule is CCN(C(=O)COC(=O)CCSc1ccccc1Cl)c1cccc2ccccc12. The van der Waals surface area contributed by atoms with Crippen molar-refractivity contribution in [1.82, 2.24) is 0 Å². The van der Waals surface area contributed by atoms with Gasteiger partial charge < -0.3 is 9.64 Å². The van der Waals surface area contributed by atoms with E-state index >= 15 is 0 Å². The first-order chi connectivity index (χ1) is 14.1. The average molecular weight is 428 g/mol. The maximum absolute atomic E-state index is 12.7. The number of ether oxygens (including phenoxy) is 1. The molecular weight excluding hydrogens is 406 g/mol. The van der Waals surface area contributed by atoms with Crippen molar-refractivity contribution in [2.45, 2.75) is 18.2 Å². The van der Waals surface area contributed by atoms with Gasteiger partial charge in [-0.2, -0.15) is 0 Å².